The molecule has 2 aromatic rings. The van der Waals surface area contributed by atoms with Gasteiger partial charge in [0.2, 0.25) is 0 Å². The van der Waals surface area contributed by atoms with Crippen molar-refractivity contribution in [3.8, 4) is 6.07 Å². The highest BCUT2D eigenvalue weighted by molar-refractivity contribution is 5.99. The Kier molecular flexibility index (Phi) is 4.57. The lowest BCUT2D eigenvalue weighted by molar-refractivity contribution is 0.00723. The van der Waals surface area contributed by atoms with E-state index in [4.69, 9.17) is 5.26 Å². The quantitative estimate of drug-likeness (QED) is 0.874. The molecule has 1 fully saturated rings. The minimum absolute atomic E-state index is 0.205. The summed E-state index contributed by atoms with van der Waals surface area (Å²) in [6, 6.07) is 19.5. The summed E-state index contributed by atoms with van der Waals surface area (Å²) in [7, 11) is 0. The first-order valence-corrected chi connectivity index (χ1v) is 7.84. The van der Waals surface area contributed by atoms with Gasteiger partial charge in [-0.2, -0.15) is 5.26 Å². The Morgan fingerprint density at radius 2 is 1.50 bits per heavy atom. The summed E-state index contributed by atoms with van der Waals surface area (Å²) in [5, 5.41) is 12.0. The van der Waals surface area contributed by atoms with Gasteiger partial charge in [-0.3, -0.25) is 9.59 Å². The van der Waals surface area contributed by atoms with E-state index in [1.54, 1.807) is 48.5 Å². The summed E-state index contributed by atoms with van der Waals surface area (Å²) in [6.45, 7) is 0.429. The number of hydrogen-bond acceptors (Lipinski definition) is 3. The first kappa shape index (κ1) is 15.8. The van der Waals surface area contributed by atoms with Crippen LogP contribution in [0.5, 0.6) is 0 Å². The van der Waals surface area contributed by atoms with E-state index in [-0.39, 0.29) is 24.3 Å². The molecule has 0 N–H and O–H groups in total. The van der Waals surface area contributed by atoms with Crippen LogP contribution in [0.4, 0.5) is 0 Å². The summed E-state index contributed by atoms with van der Waals surface area (Å²) in [6.07, 6.45) is 0.807. The number of nitrogens with zero attached hydrogens (tertiary/aromatic N) is 3. The highest BCUT2D eigenvalue weighted by atomic mass is 16.2. The predicted molar refractivity (Wildman–Crippen MR) is 88.7 cm³/mol. The van der Waals surface area contributed by atoms with Crippen molar-refractivity contribution in [3.05, 3.63) is 71.8 Å². The molecule has 24 heavy (non-hydrogen) atoms. The molecule has 0 aromatic heterocycles. The van der Waals surface area contributed by atoms with Crippen LogP contribution in [-0.2, 0) is 0 Å². The van der Waals surface area contributed by atoms with Gasteiger partial charge in [-0.15, -0.1) is 0 Å². The highest BCUT2D eigenvalue weighted by Gasteiger charge is 2.38. The Hall–Kier alpha value is -3.13. The van der Waals surface area contributed by atoms with Gasteiger partial charge < -0.3 is 0 Å². The molecule has 0 spiro atoms. The lowest BCUT2D eigenvalue weighted by Gasteiger charge is -2.31. The molecular weight excluding hydrogens is 302 g/mol. The second-order valence-electron chi connectivity index (χ2n) is 5.61. The third kappa shape index (κ3) is 2.99. The zero-order valence-corrected chi connectivity index (χ0v) is 13.1. The van der Waals surface area contributed by atoms with Crippen molar-refractivity contribution in [1.82, 2.24) is 10.0 Å². The van der Waals surface area contributed by atoms with Crippen LogP contribution in [0, 0.1) is 11.3 Å². The van der Waals surface area contributed by atoms with E-state index in [1.165, 1.54) is 10.0 Å². The fourth-order valence-corrected chi connectivity index (χ4v) is 2.91. The fourth-order valence-electron chi connectivity index (χ4n) is 2.91. The van der Waals surface area contributed by atoms with Gasteiger partial charge in [0.25, 0.3) is 11.8 Å². The second-order valence-corrected chi connectivity index (χ2v) is 5.61. The van der Waals surface area contributed by atoms with Crippen molar-refractivity contribution >= 4 is 11.8 Å². The molecule has 1 heterocycles. The van der Waals surface area contributed by atoms with Crippen molar-refractivity contribution < 1.29 is 9.59 Å². The van der Waals surface area contributed by atoms with Crippen LogP contribution in [0.1, 0.15) is 33.6 Å². The standard InChI is InChI=1S/C19H17N3O2/c20-13-11-17-12-14-21(18(23)15-7-3-1-4-8-15)22(17)19(24)16-9-5-2-6-10-16/h1-10,17H,11-12,14H2. The highest BCUT2D eigenvalue weighted by Crippen LogP contribution is 2.25. The third-order valence-corrected chi connectivity index (χ3v) is 4.09. The topological polar surface area (TPSA) is 64.4 Å². The minimum Gasteiger partial charge on any atom is -0.267 e. The molecule has 120 valence electrons. The molecule has 2 amide bonds. The number of amides is 2. The maximum absolute atomic E-state index is 12.9. The zero-order chi connectivity index (χ0) is 16.9. The van der Waals surface area contributed by atoms with Crippen LogP contribution in [0.25, 0.3) is 0 Å². The van der Waals surface area contributed by atoms with Crippen LogP contribution in [0.15, 0.2) is 60.7 Å². The van der Waals surface area contributed by atoms with Gasteiger partial charge in [0.1, 0.15) is 0 Å². The van der Waals surface area contributed by atoms with Crippen LogP contribution in [-0.4, -0.2) is 34.4 Å². The molecule has 0 radical (unpaired) electrons. The summed E-state index contributed by atoms with van der Waals surface area (Å²) < 4.78 is 0. The van der Waals surface area contributed by atoms with Gasteiger partial charge in [-0.05, 0) is 30.7 Å². The molecule has 1 saturated heterocycles. The Morgan fingerprint density at radius 1 is 0.958 bits per heavy atom. The summed E-state index contributed by atoms with van der Waals surface area (Å²) >= 11 is 0. The molecule has 2 aromatic carbocycles. The molecule has 3 rings (SSSR count). The van der Waals surface area contributed by atoms with E-state index in [0.717, 1.165) is 0 Å². The largest absolute Gasteiger partial charge is 0.272 e. The van der Waals surface area contributed by atoms with Crippen molar-refractivity contribution in [2.45, 2.75) is 18.9 Å². The molecule has 5 heteroatoms. The van der Waals surface area contributed by atoms with Crippen LogP contribution < -0.4 is 0 Å². The van der Waals surface area contributed by atoms with Crippen LogP contribution in [0.3, 0.4) is 0 Å². The predicted octanol–water partition coefficient (Wildman–Crippen LogP) is 2.87. The monoisotopic (exact) mass is 319 g/mol. The Morgan fingerprint density at radius 3 is 2.04 bits per heavy atom. The molecule has 5 nitrogen and oxygen atoms in total. The first-order valence-electron chi connectivity index (χ1n) is 7.84. The fraction of sp³-hybridized carbons (Fsp3) is 0.211. The number of hydrazine groups is 1. The van der Waals surface area contributed by atoms with Crippen LogP contribution in [0.2, 0.25) is 0 Å². The molecule has 1 unspecified atom stereocenters. The summed E-state index contributed by atoms with van der Waals surface area (Å²) in [5.74, 6) is -0.474. The number of hydrogen-bond donors (Lipinski definition) is 0. The SMILES string of the molecule is N#CCC1CCN(C(=O)c2ccccc2)N1C(=O)c1ccccc1. The van der Waals surface area contributed by atoms with Crippen molar-refractivity contribution in [2.24, 2.45) is 0 Å². The number of nitriles is 1. The molecule has 0 saturated carbocycles. The molecule has 0 aliphatic carbocycles. The average molecular weight is 319 g/mol. The van der Waals surface area contributed by atoms with Gasteiger partial charge in [0, 0.05) is 17.7 Å². The number of rotatable bonds is 3. The molecule has 0 bridgehead atoms. The van der Waals surface area contributed by atoms with E-state index in [0.29, 0.717) is 24.1 Å². The maximum Gasteiger partial charge on any atom is 0.272 e. The number of carbonyl (C=O) groups excluding carboxylic acids is 2. The Labute approximate surface area is 140 Å². The molecular formula is C19H17N3O2. The van der Waals surface area contributed by atoms with Gasteiger partial charge in [0.15, 0.2) is 0 Å². The van der Waals surface area contributed by atoms with Gasteiger partial charge in [-0.1, -0.05) is 36.4 Å². The molecule has 1 aliphatic heterocycles. The first-order chi connectivity index (χ1) is 11.7. The lowest BCUT2D eigenvalue weighted by atomic mass is 10.1. The van der Waals surface area contributed by atoms with Crippen LogP contribution >= 0.6 is 0 Å². The summed E-state index contributed by atoms with van der Waals surface area (Å²) in [4.78, 5) is 25.7. The van der Waals surface area contributed by atoms with Gasteiger partial charge in [0.05, 0.1) is 18.5 Å². The average Bonchev–Trinajstić information content (AvgIpc) is 3.06. The zero-order valence-electron chi connectivity index (χ0n) is 13.1. The van der Waals surface area contributed by atoms with Crippen molar-refractivity contribution in [3.63, 3.8) is 0 Å². The summed E-state index contributed by atoms with van der Waals surface area (Å²) in [5.41, 5.74) is 1.04. The number of benzene rings is 2. The second kappa shape index (κ2) is 6.97. The van der Waals surface area contributed by atoms with E-state index in [1.807, 2.05) is 12.1 Å². The number of carbonyl (C=O) groups is 2. The Balaban J connectivity index is 1.92. The minimum atomic E-state index is -0.282. The van der Waals surface area contributed by atoms with E-state index < -0.39 is 0 Å². The maximum atomic E-state index is 12.9. The van der Waals surface area contributed by atoms with Crippen molar-refractivity contribution in [2.75, 3.05) is 6.54 Å². The molecule has 1 aliphatic rings. The van der Waals surface area contributed by atoms with Gasteiger partial charge >= 0.3 is 0 Å². The smallest absolute Gasteiger partial charge is 0.267 e. The van der Waals surface area contributed by atoms with Gasteiger partial charge in [-0.25, -0.2) is 10.0 Å². The normalized spacial score (nSPS) is 16.7. The lowest BCUT2D eigenvalue weighted by Crippen LogP contribution is -2.48. The van der Waals surface area contributed by atoms with E-state index in [9.17, 15) is 9.59 Å². The third-order valence-electron chi connectivity index (χ3n) is 4.09. The van der Waals surface area contributed by atoms with Crippen molar-refractivity contribution in [1.29, 1.82) is 5.26 Å². The van der Waals surface area contributed by atoms with E-state index >= 15 is 0 Å². The Bertz CT molecular complexity index is 768. The molecule has 1 atom stereocenters. The van der Waals surface area contributed by atoms with E-state index in [2.05, 4.69) is 6.07 Å².